The van der Waals surface area contributed by atoms with Gasteiger partial charge in [-0.05, 0) is 44.4 Å². The largest absolute Gasteiger partial charge is 0.550 e. The third kappa shape index (κ3) is 8.66. The molecule has 0 saturated heterocycles. The van der Waals surface area contributed by atoms with Crippen LogP contribution in [0.25, 0.3) is 0 Å². The maximum Gasteiger partial charge on any atom is 0.0721 e. The second-order valence-corrected chi connectivity index (χ2v) is 7.03. The molecular weight excluding hydrogens is 320 g/mol. The minimum absolute atomic E-state index is 0.0518. The van der Waals surface area contributed by atoms with Crippen LogP contribution in [0.2, 0.25) is 0 Å². The summed E-state index contributed by atoms with van der Waals surface area (Å²) in [6, 6.07) is 0. The van der Waals surface area contributed by atoms with Crippen LogP contribution in [0.1, 0.15) is 64.7 Å². The predicted molar refractivity (Wildman–Crippen MR) is 95.5 cm³/mol. The van der Waals surface area contributed by atoms with Gasteiger partial charge in [-0.15, -0.1) is 0 Å². The number of hydrogen-bond donors (Lipinski definition) is 3. The molecule has 0 unspecified atom stereocenters. The molecule has 0 radical (unpaired) electrons. The number of aliphatic hydroxyl groups is 3. The Bertz CT molecular complexity index is 432. The van der Waals surface area contributed by atoms with Crippen LogP contribution in [-0.4, -0.2) is 39.6 Å². The van der Waals surface area contributed by atoms with E-state index in [4.69, 9.17) is 0 Å². The number of rotatable bonds is 12. The monoisotopic (exact) mass is 353 g/mol. The summed E-state index contributed by atoms with van der Waals surface area (Å²) in [6.07, 6.45) is 12.0. The van der Waals surface area contributed by atoms with Gasteiger partial charge < -0.3 is 25.2 Å². The number of carboxylic acid groups (broad SMARTS) is 1. The van der Waals surface area contributed by atoms with Gasteiger partial charge in [0.2, 0.25) is 0 Å². The van der Waals surface area contributed by atoms with E-state index in [0.717, 1.165) is 6.42 Å². The van der Waals surface area contributed by atoms with Crippen LogP contribution in [0, 0.1) is 11.8 Å². The second-order valence-electron chi connectivity index (χ2n) is 7.03. The van der Waals surface area contributed by atoms with E-state index in [2.05, 4.69) is 19.1 Å². The zero-order valence-electron chi connectivity index (χ0n) is 15.2. The van der Waals surface area contributed by atoms with Gasteiger partial charge in [0.1, 0.15) is 0 Å². The number of carboxylic acids is 1. The fourth-order valence-corrected chi connectivity index (χ4v) is 3.40. The van der Waals surface area contributed by atoms with E-state index in [1.807, 2.05) is 0 Å². The lowest BCUT2D eigenvalue weighted by Gasteiger charge is -2.19. The molecule has 1 aliphatic rings. The fraction of sp³-hybridized carbons (Fsp3) is 0.750. The smallest absolute Gasteiger partial charge is 0.0721 e. The topological polar surface area (TPSA) is 101 Å². The molecule has 0 aromatic heterocycles. The number of unbranched alkanes of at least 4 members (excludes halogenated alkanes) is 3. The first-order chi connectivity index (χ1) is 12.0. The van der Waals surface area contributed by atoms with E-state index < -0.39 is 24.3 Å². The average Bonchev–Trinajstić information content (AvgIpc) is 2.81. The van der Waals surface area contributed by atoms with Gasteiger partial charge in [-0.1, -0.05) is 44.1 Å². The van der Waals surface area contributed by atoms with Crippen molar-refractivity contribution in [1.29, 1.82) is 0 Å². The van der Waals surface area contributed by atoms with E-state index in [1.54, 1.807) is 12.2 Å². The average molecular weight is 353 g/mol. The first-order valence-electron chi connectivity index (χ1n) is 9.53. The van der Waals surface area contributed by atoms with Crippen molar-refractivity contribution in [2.24, 2.45) is 11.8 Å². The van der Waals surface area contributed by atoms with Gasteiger partial charge in [0.05, 0.1) is 18.3 Å². The molecule has 0 aromatic carbocycles. The maximum absolute atomic E-state index is 10.4. The molecule has 0 aliphatic heterocycles. The van der Waals surface area contributed by atoms with Crippen LogP contribution < -0.4 is 5.11 Å². The Hall–Kier alpha value is -1.17. The van der Waals surface area contributed by atoms with E-state index in [-0.39, 0.29) is 18.3 Å². The number of aliphatic carboxylic acids is 1. The zero-order chi connectivity index (χ0) is 18.7. The van der Waals surface area contributed by atoms with Crippen LogP contribution in [0.15, 0.2) is 24.3 Å². The van der Waals surface area contributed by atoms with Crippen molar-refractivity contribution in [3.05, 3.63) is 24.3 Å². The van der Waals surface area contributed by atoms with Gasteiger partial charge in [-0.3, -0.25) is 0 Å². The summed E-state index contributed by atoms with van der Waals surface area (Å²) in [4.78, 5) is 10.4. The Morgan fingerprint density at radius 1 is 1.20 bits per heavy atom. The summed E-state index contributed by atoms with van der Waals surface area (Å²) in [6.45, 7) is 2.17. The van der Waals surface area contributed by atoms with Gasteiger partial charge in [-0.25, -0.2) is 0 Å². The molecule has 1 aliphatic carbocycles. The van der Waals surface area contributed by atoms with Crippen molar-refractivity contribution in [3.63, 3.8) is 0 Å². The Morgan fingerprint density at radius 3 is 2.64 bits per heavy atom. The first-order valence-corrected chi connectivity index (χ1v) is 9.53. The lowest BCUT2D eigenvalue weighted by atomic mass is 9.89. The molecule has 0 amide bonds. The second kappa shape index (κ2) is 12.2. The Labute approximate surface area is 151 Å². The van der Waals surface area contributed by atoms with Crippen LogP contribution >= 0.6 is 0 Å². The lowest BCUT2D eigenvalue weighted by molar-refractivity contribution is -0.305. The highest BCUT2D eigenvalue weighted by molar-refractivity contribution is 5.64. The summed E-state index contributed by atoms with van der Waals surface area (Å²) >= 11 is 0. The Balaban J connectivity index is 2.47. The molecule has 1 saturated carbocycles. The summed E-state index contributed by atoms with van der Waals surface area (Å²) in [5.41, 5.74) is 0. The highest BCUT2D eigenvalue weighted by Crippen LogP contribution is 2.36. The van der Waals surface area contributed by atoms with Crippen LogP contribution in [0.3, 0.4) is 0 Å². The van der Waals surface area contributed by atoms with Gasteiger partial charge in [0, 0.05) is 18.3 Å². The summed E-state index contributed by atoms with van der Waals surface area (Å²) in [5.74, 6) is -1.36. The minimum Gasteiger partial charge on any atom is -0.550 e. The zero-order valence-corrected chi connectivity index (χ0v) is 15.2. The fourth-order valence-electron chi connectivity index (χ4n) is 3.40. The highest BCUT2D eigenvalue weighted by atomic mass is 16.4. The molecule has 0 heterocycles. The van der Waals surface area contributed by atoms with Gasteiger partial charge >= 0.3 is 0 Å². The van der Waals surface area contributed by atoms with E-state index in [9.17, 15) is 25.2 Å². The Kier molecular flexibility index (Phi) is 10.7. The standard InChI is InChI=1S/C20H34O5/c1-2-3-4-5-6-7-10-16-17(19(23)14-18(16)22)13-12-15(21)9-8-11-20(24)25/h6-7,12-13,15-19,21-23H,2-5,8-11,14H2,1H3,(H,24,25)/p-1/b7-6-,13-12+/t15-,16-,17+,18-,19+/m1/s1. The lowest BCUT2D eigenvalue weighted by Crippen LogP contribution is -2.22. The quantitative estimate of drug-likeness (QED) is 0.366. The molecular formula is C20H33O5-. The van der Waals surface area contributed by atoms with Crippen molar-refractivity contribution in [3.8, 4) is 0 Å². The summed E-state index contributed by atoms with van der Waals surface area (Å²) in [5, 5.41) is 40.6. The molecule has 5 nitrogen and oxygen atoms in total. The number of aliphatic hydroxyl groups excluding tert-OH is 3. The van der Waals surface area contributed by atoms with E-state index in [1.165, 1.54) is 19.3 Å². The third-order valence-corrected chi connectivity index (χ3v) is 4.90. The normalized spacial score (nSPS) is 28.2. The molecule has 144 valence electrons. The van der Waals surface area contributed by atoms with Crippen molar-refractivity contribution in [1.82, 2.24) is 0 Å². The summed E-state index contributed by atoms with van der Waals surface area (Å²) < 4.78 is 0. The van der Waals surface area contributed by atoms with Gasteiger partial charge in [-0.2, -0.15) is 0 Å². The van der Waals surface area contributed by atoms with Crippen molar-refractivity contribution < 1.29 is 25.2 Å². The molecule has 5 heteroatoms. The number of hydrogen-bond acceptors (Lipinski definition) is 5. The van der Waals surface area contributed by atoms with E-state index >= 15 is 0 Å². The molecule has 25 heavy (non-hydrogen) atoms. The van der Waals surface area contributed by atoms with Crippen molar-refractivity contribution in [2.45, 2.75) is 83.0 Å². The molecule has 1 fully saturated rings. The number of allylic oxidation sites excluding steroid dienone is 2. The number of carbonyl (C=O) groups is 1. The summed E-state index contributed by atoms with van der Waals surface area (Å²) in [7, 11) is 0. The Morgan fingerprint density at radius 2 is 1.96 bits per heavy atom. The molecule has 1 rings (SSSR count). The number of carbonyl (C=O) groups excluding carboxylic acids is 1. The molecule has 0 bridgehead atoms. The molecule has 0 aromatic rings. The van der Waals surface area contributed by atoms with E-state index in [0.29, 0.717) is 25.7 Å². The minimum atomic E-state index is -1.11. The predicted octanol–water partition coefficient (Wildman–Crippen LogP) is 1.71. The van der Waals surface area contributed by atoms with Crippen LogP contribution in [0.5, 0.6) is 0 Å². The molecule has 3 N–H and O–H groups in total. The SMILES string of the molecule is CCCCC/C=C\C[C@@H]1[C@H](/C=C/[C@H](O)CCCC(=O)[O-])[C@@H](O)C[C@H]1O. The third-order valence-electron chi connectivity index (χ3n) is 4.90. The highest BCUT2D eigenvalue weighted by Gasteiger charge is 2.39. The maximum atomic E-state index is 10.4. The van der Waals surface area contributed by atoms with Crippen molar-refractivity contribution >= 4 is 5.97 Å². The van der Waals surface area contributed by atoms with Crippen LogP contribution in [0.4, 0.5) is 0 Å². The van der Waals surface area contributed by atoms with Crippen LogP contribution in [-0.2, 0) is 4.79 Å². The molecule has 5 atom stereocenters. The molecule has 0 spiro atoms. The first kappa shape index (κ1) is 21.9. The van der Waals surface area contributed by atoms with Gasteiger partial charge in [0.25, 0.3) is 0 Å². The van der Waals surface area contributed by atoms with Gasteiger partial charge in [0.15, 0.2) is 0 Å². The van der Waals surface area contributed by atoms with Crippen molar-refractivity contribution in [2.75, 3.05) is 0 Å².